The van der Waals surface area contributed by atoms with Crippen molar-refractivity contribution in [1.29, 1.82) is 0 Å². The zero-order valence-electron chi connectivity index (χ0n) is 12.5. The van der Waals surface area contributed by atoms with Gasteiger partial charge in [-0.1, -0.05) is 24.3 Å². The van der Waals surface area contributed by atoms with Gasteiger partial charge in [-0.2, -0.15) is 0 Å². The van der Waals surface area contributed by atoms with Crippen molar-refractivity contribution < 1.29 is 10.0 Å². The molecule has 0 unspecified atom stereocenters. The molecule has 1 fully saturated rings. The number of benzene rings is 1. The molecule has 0 atom stereocenters. The third-order valence-electron chi connectivity index (χ3n) is 4.11. The molecule has 1 aliphatic rings. The van der Waals surface area contributed by atoms with Gasteiger partial charge in [0.05, 0.1) is 0 Å². The smallest absolute Gasteiger partial charge is 0.423 e. The van der Waals surface area contributed by atoms with Crippen LogP contribution in [-0.4, -0.2) is 60.7 Å². The van der Waals surface area contributed by atoms with Crippen LogP contribution in [0, 0.1) is 5.92 Å². The summed E-state index contributed by atoms with van der Waals surface area (Å²) in [4.78, 5) is 4.72. The quantitative estimate of drug-likeness (QED) is 0.751. The predicted octanol–water partition coefficient (Wildman–Crippen LogP) is 0.140. The molecule has 2 N–H and O–H groups in total. The standard InChI is InChI=1S/C15H25BN2O2/c1-17-8-6-13(7-9-17)11-18(2)12-14-4-3-5-15(10-14)16(19)20/h3-5,10,13,19-20H,6-9,11-12H2,1-2H3. The van der Waals surface area contributed by atoms with Crippen LogP contribution >= 0.6 is 0 Å². The van der Waals surface area contributed by atoms with Crippen LogP contribution in [-0.2, 0) is 6.54 Å². The van der Waals surface area contributed by atoms with E-state index in [4.69, 9.17) is 0 Å². The summed E-state index contributed by atoms with van der Waals surface area (Å²) in [6, 6.07) is 7.53. The molecule has 110 valence electrons. The Morgan fingerprint density at radius 3 is 2.65 bits per heavy atom. The Balaban J connectivity index is 1.84. The second-order valence-electron chi connectivity index (χ2n) is 6.06. The highest BCUT2D eigenvalue weighted by atomic mass is 16.4. The van der Waals surface area contributed by atoms with Crippen molar-refractivity contribution in [3.8, 4) is 0 Å². The normalized spacial score (nSPS) is 17.6. The van der Waals surface area contributed by atoms with Gasteiger partial charge < -0.3 is 19.8 Å². The van der Waals surface area contributed by atoms with Gasteiger partial charge in [-0.15, -0.1) is 0 Å². The first kappa shape index (κ1) is 15.5. The van der Waals surface area contributed by atoms with Crippen LogP contribution < -0.4 is 5.46 Å². The average molecular weight is 276 g/mol. The number of rotatable bonds is 5. The third kappa shape index (κ3) is 4.60. The van der Waals surface area contributed by atoms with Gasteiger partial charge in [0.25, 0.3) is 0 Å². The monoisotopic (exact) mass is 276 g/mol. The lowest BCUT2D eigenvalue weighted by molar-refractivity contribution is 0.173. The van der Waals surface area contributed by atoms with E-state index in [2.05, 4.69) is 23.9 Å². The lowest BCUT2D eigenvalue weighted by atomic mass is 9.79. The van der Waals surface area contributed by atoms with E-state index in [0.29, 0.717) is 5.46 Å². The molecular formula is C15H25BN2O2. The molecule has 1 aromatic rings. The lowest BCUT2D eigenvalue weighted by Crippen LogP contribution is -2.35. The summed E-state index contributed by atoms with van der Waals surface area (Å²) in [6.45, 7) is 4.36. The Bertz CT molecular complexity index is 420. The van der Waals surface area contributed by atoms with Crippen molar-refractivity contribution in [2.24, 2.45) is 5.92 Å². The molecule has 0 aromatic heterocycles. The van der Waals surface area contributed by atoms with Crippen LogP contribution in [0.5, 0.6) is 0 Å². The number of likely N-dealkylation sites (tertiary alicyclic amines) is 1. The summed E-state index contributed by atoms with van der Waals surface area (Å²) in [5.74, 6) is 0.780. The Labute approximate surface area is 122 Å². The minimum Gasteiger partial charge on any atom is -0.423 e. The van der Waals surface area contributed by atoms with Crippen LogP contribution in [0.25, 0.3) is 0 Å². The van der Waals surface area contributed by atoms with Gasteiger partial charge in [-0.25, -0.2) is 0 Å². The third-order valence-corrected chi connectivity index (χ3v) is 4.11. The topological polar surface area (TPSA) is 46.9 Å². The van der Waals surface area contributed by atoms with E-state index in [-0.39, 0.29) is 0 Å². The minimum absolute atomic E-state index is 0.565. The van der Waals surface area contributed by atoms with E-state index < -0.39 is 7.12 Å². The summed E-state index contributed by atoms with van der Waals surface area (Å²) >= 11 is 0. The largest absolute Gasteiger partial charge is 0.488 e. The van der Waals surface area contributed by atoms with Crippen LogP contribution in [0.1, 0.15) is 18.4 Å². The SMILES string of the molecule is CN1CCC(CN(C)Cc2cccc(B(O)O)c2)CC1. The number of hydrogen-bond donors (Lipinski definition) is 2. The molecule has 20 heavy (non-hydrogen) atoms. The number of hydrogen-bond acceptors (Lipinski definition) is 4. The molecule has 1 heterocycles. The van der Waals surface area contributed by atoms with Crippen LogP contribution in [0.2, 0.25) is 0 Å². The van der Waals surface area contributed by atoms with E-state index in [1.54, 1.807) is 6.07 Å². The Morgan fingerprint density at radius 2 is 2.00 bits per heavy atom. The lowest BCUT2D eigenvalue weighted by Gasteiger charge is -2.31. The fourth-order valence-electron chi connectivity index (χ4n) is 2.91. The zero-order chi connectivity index (χ0) is 14.5. The van der Waals surface area contributed by atoms with Gasteiger partial charge in [0.15, 0.2) is 0 Å². The van der Waals surface area contributed by atoms with Crippen molar-refractivity contribution in [3.63, 3.8) is 0 Å². The van der Waals surface area contributed by atoms with E-state index in [1.807, 2.05) is 18.2 Å². The van der Waals surface area contributed by atoms with Crippen molar-refractivity contribution in [1.82, 2.24) is 9.80 Å². The number of nitrogens with zero attached hydrogens (tertiary/aromatic N) is 2. The Morgan fingerprint density at radius 1 is 1.30 bits per heavy atom. The van der Waals surface area contributed by atoms with Crippen molar-refractivity contribution in [3.05, 3.63) is 29.8 Å². The molecule has 1 saturated heterocycles. The van der Waals surface area contributed by atoms with E-state index in [1.165, 1.54) is 25.9 Å². The molecule has 1 aliphatic heterocycles. The molecule has 0 amide bonds. The molecule has 5 heteroatoms. The first-order valence-electron chi connectivity index (χ1n) is 7.36. The fourth-order valence-corrected chi connectivity index (χ4v) is 2.91. The zero-order valence-corrected chi connectivity index (χ0v) is 12.5. The highest BCUT2D eigenvalue weighted by Gasteiger charge is 2.18. The maximum Gasteiger partial charge on any atom is 0.488 e. The maximum absolute atomic E-state index is 9.21. The average Bonchev–Trinajstić information content (AvgIpc) is 2.41. The highest BCUT2D eigenvalue weighted by Crippen LogP contribution is 2.17. The molecule has 1 aromatic carbocycles. The van der Waals surface area contributed by atoms with Crippen molar-refractivity contribution >= 4 is 12.6 Å². The van der Waals surface area contributed by atoms with Gasteiger partial charge in [-0.3, -0.25) is 0 Å². The van der Waals surface area contributed by atoms with Crippen LogP contribution in [0.4, 0.5) is 0 Å². The van der Waals surface area contributed by atoms with Crippen molar-refractivity contribution in [2.75, 3.05) is 33.7 Å². The maximum atomic E-state index is 9.21. The summed E-state index contributed by atoms with van der Waals surface area (Å²) in [7, 11) is 2.94. The van der Waals surface area contributed by atoms with E-state index in [0.717, 1.165) is 24.6 Å². The molecule has 0 bridgehead atoms. The van der Waals surface area contributed by atoms with Crippen molar-refractivity contribution in [2.45, 2.75) is 19.4 Å². The summed E-state index contributed by atoms with van der Waals surface area (Å²) in [5, 5.41) is 18.4. The summed E-state index contributed by atoms with van der Waals surface area (Å²) < 4.78 is 0. The van der Waals surface area contributed by atoms with Gasteiger partial charge in [0.1, 0.15) is 0 Å². The number of piperidine rings is 1. The van der Waals surface area contributed by atoms with Gasteiger partial charge in [0.2, 0.25) is 0 Å². The second-order valence-corrected chi connectivity index (χ2v) is 6.06. The van der Waals surface area contributed by atoms with Gasteiger partial charge >= 0.3 is 7.12 Å². The molecule has 2 rings (SSSR count). The molecule has 0 radical (unpaired) electrons. The summed E-state index contributed by atoms with van der Waals surface area (Å²) in [5.41, 5.74) is 1.70. The second kappa shape index (κ2) is 7.22. The Kier molecular flexibility index (Phi) is 5.60. The molecule has 4 nitrogen and oxygen atoms in total. The van der Waals surface area contributed by atoms with Crippen LogP contribution in [0.15, 0.2) is 24.3 Å². The predicted molar refractivity (Wildman–Crippen MR) is 82.8 cm³/mol. The van der Waals surface area contributed by atoms with E-state index >= 15 is 0 Å². The molecule has 0 spiro atoms. The van der Waals surface area contributed by atoms with Gasteiger partial charge in [-0.05, 0) is 57.0 Å². The molecule has 0 saturated carbocycles. The molecule has 0 aliphatic carbocycles. The minimum atomic E-state index is -1.38. The fraction of sp³-hybridized carbons (Fsp3) is 0.600. The summed E-state index contributed by atoms with van der Waals surface area (Å²) in [6.07, 6.45) is 2.55. The first-order valence-corrected chi connectivity index (χ1v) is 7.36. The molecular weight excluding hydrogens is 251 g/mol. The van der Waals surface area contributed by atoms with E-state index in [9.17, 15) is 10.0 Å². The first-order chi connectivity index (χ1) is 9.54. The van der Waals surface area contributed by atoms with Crippen LogP contribution in [0.3, 0.4) is 0 Å². The Hall–Kier alpha value is -0.875. The van der Waals surface area contributed by atoms with Gasteiger partial charge in [0, 0.05) is 13.1 Å². The highest BCUT2D eigenvalue weighted by molar-refractivity contribution is 6.58.